The number of ether oxygens (including phenoxy) is 1. The van der Waals surface area contributed by atoms with Crippen LogP contribution in [0.15, 0.2) is 127 Å². The van der Waals surface area contributed by atoms with Crippen LogP contribution in [-0.4, -0.2) is 30.2 Å². The van der Waals surface area contributed by atoms with E-state index in [2.05, 4.69) is 0 Å². The number of nitrogens with zero attached hydrogens (tertiary/aromatic N) is 1. The van der Waals surface area contributed by atoms with Crippen LogP contribution < -0.4 is 4.90 Å². The van der Waals surface area contributed by atoms with Gasteiger partial charge >= 0.3 is 5.97 Å². The van der Waals surface area contributed by atoms with Crippen LogP contribution in [0, 0.1) is 11.8 Å². The zero-order chi connectivity index (χ0) is 35.7. The third-order valence-electron chi connectivity index (χ3n) is 10.4. The molecule has 2 aliphatic carbocycles. The molecule has 5 aromatic rings. The summed E-state index contributed by atoms with van der Waals surface area (Å²) < 4.78 is 5.22. The van der Waals surface area contributed by atoms with E-state index >= 15 is 14.4 Å². The van der Waals surface area contributed by atoms with Crippen LogP contribution in [0.25, 0.3) is 11.1 Å². The van der Waals surface area contributed by atoms with Crippen LogP contribution in [0.2, 0.25) is 15.1 Å². The molecule has 9 heteroatoms. The molecule has 5 aromatic carbocycles. The van der Waals surface area contributed by atoms with Gasteiger partial charge in [-0.1, -0.05) is 120 Å². The summed E-state index contributed by atoms with van der Waals surface area (Å²) in [5.74, 6) is -4.44. The van der Waals surface area contributed by atoms with Gasteiger partial charge in [0.15, 0.2) is 5.78 Å². The summed E-state index contributed by atoms with van der Waals surface area (Å²) in [6, 6.07) is 37.3. The van der Waals surface area contributed by atoms with Crippen molar-refractivity contribution < 1.29 is 23.9 Å². The number of carbonyl (C=O) groups excluding carboxylic acids is 4. The molecule has 0 spiro atoms. The fourth-order valence-corrected chi connectivity index (χ4v) is 9.08. The SMILES string of the molecule is CCOC(=O)c1cc(N2C(=O)[C@H]3[C@H](C2=O)[C@@]2(c4ccc(Cl)cc4)C(=O)[C@@]3(c3ccc(Cl)cc3)C(c3ccccc3)=C2c2ccccc2)ccc1Cl. The van der Waals surface area contributed by atoms with Crippen molar-refractivity contribution in [2.24, 2.45) is 11.8 Å². The van der Waals surface area contributed by atoms with Gasteiger partial charge in [-0.25, -0.2) is 9.69 Å². The van der Waals surface area contributed by atoms with Crippen molar-refractivity contribution in [1.82, 2.24) is 0 Å². The number of hydrogen-bond acceptors (Lipinski definition) is 5. The minimum atomic E-state index is -1.63. The lowest BCUT2D eigenvalue weighted by molar-refractivity contribution is -0.130. The molecule has 0 N–H and O–H groups in total. The predicted molar refractivity (Wildman–Crippen MR) is 198 cm³/mol. The first-order chi connectivity index (χ1) is 24.7. The average Bonchev–Trinajstić information content (AvgIpc) is 3.65. The van der Waals surface area contributed by atoms with Crippen molar-refractivity contribution in [1.29, 1.82) is 0 Å². The van der Waals surface area contributed by atoms with E-state index in [1.807, 2.05) is 60.7 Å². The quantitative estimate of drug-likeness (QED) is 0.123. The molecular formula is C42H28Cl3NO5. The largest absolute Gasteiger partial charge is 0.462 e. The molecule has 0 radical (unpaired) electrons. The lowest BCUT2D eigenvalue weighted by Gasteiger charge is -2.39. The molecular weight excluding hydrogens is 705 g/mol. The molecule has 1 heterocycles. The monoisotopic (exact) mass is 731 g/mol. The third kappa shape index (κ3) is 4.56. The number of allylic oxidation sites excluding steroid dienone is 2. The van der Waals surface area contributed by atoms with Gasteiger partial charge in [-0.3, -0.25) is 14.4 Å². The number of halogens is 3. The highest BCUT2D eigenvalue weighted by molar-refractivity contribution is 6.39. The fraction of sp³-hybridized carbons (Fsp3) is 0.143. The Labute approximate surface area is 309 Å². The van der Waals surface area contributed by atoms with Gasteiger partial charge < -0.3 is 4.74 Å². The van der Waals surface area contributed by atoms with Gasteiger partial charge in [-0.15, -0.1) is 0 Å². The molecule has 2 fully saturated rings. The second-order valence-electron chi connectivity index (χ2n) is 12.8. The minimum Gasteiger partial charge on any atom is -0.462 e. The molecule has 6 nitrogen and oxygen atoms in total. The maximum absolute atomic E-state index is 16.0. The zero-order valence-corrected chi connectivity index (χ0v) is 29.4. The van der Waals surface area contributed by atoms with E-state index in [0.29, 0.717) is 32.3 Å². The molecule has 4 atom stereocenters. The Balaban J connectivity index is 1.50. The van der Waals surface area contributed by atoms with Gasteiger partial charge in [0.25, 0.3) is 0 Å². The standard InChI is InChI=1S/C42H28Cl3NO5/c1-2-51-39(49)31-23-30(21-22-32(31)45)46-37(47)35-36(38(46)48)42(27-15-19-29(44)20-16-27)34(25-11-7-4-8-12-25)33(24-9-5-3-6-10-24)41(35,40(42)50)26-13-17-28(43)18-14-26/h3-23,35-36H,2H2,1H3/t35-,36-,41+,42+/m1/s1. The summed E-state index contributed by atoms with van der Waals surface area (Å²) in [4.78, 5) is 60.6. The molecule has 1 saturated carbocycles. The summed E-state index contributed by atoms with van der Waals surface area (Å²) in [5, 5.41) is 1.02. The van der Waals surface area contributed by atoms with Crippen molar-refractivity contribution in [3.8, 4) is 0 Å². The van der Waals surface area contributed by atoms with Crippen molar-refractivity contribution in [3.05, 3.63) is 170 Å². The van der Waals surface area contributed by atoms with Crippen LogP contribution in [0.3, 0.4) is 0 Å². The number of hydrogen-bond donors (Lipinski definition) is 0. The fourth-order valence-electron chi connectivity index (χ4n) is 8.63. The maximum Gasteiger partial charge on any atom is 0.339 e. The van der Waals surface area contributed by atoms with Gasteiger partial charge in [0.05, 0.1) is 45.5 Å². The van der Waals surface area contributed by atoms with Crippen LogP contribution >= 0.6 is 34.8 Å². The molecule has 8 rings (SSSR count). The van der Waals surface area contributed by atoms with Gasteiger partial charge in [-0.2, -0.15) is 0 Å². The number of carbonyl (C=O) groups is 4. The van der Waals surface area contributed by atoms with E-state index in [9.17, 15) is 4.79 Å². The first-order valence-corrected chi connectivity index (χ1v) is 17.6. The molecule has 2 amide bonds. The lowest BCUT2D eigenvalue weighted by Crippen LogP contribution is -2.45. The Hall–Kier alpha value is -5.01. The van der Waals surface area contributed by atoms with Crippen LogP contribution in [-0.2, 0) is 30.0 Å². The van der Waals surface area contributed by atoms with Crippen molar-refractivity contribution in [3.63, 3.8) is 0 Å². The number of benzene rings is 5. The second-order valence-corrected chi connectivity index (χ2v) is 14.1. The minimum absolute atomic E-state index is 0.0145. The Bertz CT molecular complexity index is 2160. The number of ketones is 1. The summed E-state index contributed by atoms with van der Waals surface area (Å²) in [7, 11) is 0. The number of anilines is 1. The Morgan fingerprint density at radius 1 is 0.647 bits per heavy atom. The Morgan fingerprint density at radius 2 is 1.10 bits per heavy atom. The average molecular weight is 733 g/mol. The van der Waals surface area contributed by atoms with Gasteiger partial charge in [0.1, 0.15) is 0 Å². The molecule has 0 aromatic heterocycles. The highest BCUT2D eigenvalue weighted by atomic mass is 35.5. The Morgan fingerprint density at radius 3 is 1.53 bits per heavy atom. The summed E-state index contributed by atoms with van der Waals surface area (Å²) in [6.07, 6.45) is 0. The van der Waals surface area contributed by atoms with E-state index in [4.69, 9.17) is 39.5 Å². The number of fused-ring (bicyclic) bond motifs is 5. The van der Waals surface area contributed by atoms with Crippen molar-refractivity contribution in [2.75, 3.05) is 11.5 Å². The molecule has 1 aliphatic heterocycles. The normalized spacial score (nSPS) is 23.6. The van der Waals surface area contributed by atoms with Gasteiger partial charge in [0, 0.05) is 10.0 Å². The smallest absolute Gasteiger partial charge is 0.339 e. The highest BCUT2D eigenvalue weighted by Gasteiger charge is 2.82. The van der Waals surface area contributed by atoms with E-state index in [1.54, 1.807) is 55.5 Å². The topological polar surface area (TPSA) is 80.8 Å². The van der Waals surface area contributed by atoms with Crippen LogP contribution in [0.4, 0.5) is 5.69 Å². The summed E-state index contributed by atoms with van der Waals surface area (Å²) >= 11 is 19.3. The maximum atomic E-state index is 16.0. The number of esters is 1. The predicted octanol–water partition coefficient (Wildman–Crippen LogP) is 9.01. The molecule has 3 aliphatic rings. The summed E-state index contributed by atoms with van der Waals surface area (Å²) in [5.41, 5.74) is 0.760. The van der Waals surface area contributed by atoms with Crippen LogP contribution in [0.5, 0.6) is 0 Å². The van der Waals surface area contributed by atoms with Crippen molar-refractivity contribution >= 4 is 75.2 Å². The van der Waals surface area contributed by atoms with Crippen molar-refractivity contribution in [2.45, 2.75) is 17.8 Å². The molecule has 1 saturated heterocycles. The zero-order valence-electron chi connectivity index (χ0n) is 27.1. The van der Waals surface area contributed by atoms with Crippen LogP contribution in [0.1, 0.15) is 39.5 Å². The highest BCUT2D eigenvalue weighted by Crippen LogP contribution is 2.74. The number of Topliss-reactive ketones (excluding diaryl/α,β-unsaturated/α-hetero) is 1. The van der Waals surface area contributed by atoms with E-state index in [-0.39, 0.29) is 28.7 Å². The van der Waals surface area contributed by atoms with Gasteiger partial charge in [-0.05, 0) is 82.8 Å². The third-order valence-corrected chi connectivity index (χ3v) is 11.3. The number of amides is 2. The molecule has 51 heavy (non-hydrogen) atoms. The summed E-state index contributed by atoms with van der Waals surface area (Å²) in [6.45, 7) is 1.78. The first-order valence-electron chi connectivity index (χ1n) is 16.4. The number of imide groups is 1. The number of rotatable bonds is 7. The Kier molecular flexibility index (Phi) is 8.02. The molecule has 2 bridgehead atoms. The van der Waals surface area contributed by atoms with E-state index in [1.165, 1.54) is 18.2 Å². The van der Waals surface area contributed by atoms with Gasteiger partial charge in [0.2, 0.25) is 11.8 Å². The second kappa shape index (κ2) is 12.3. The van der Waals surface area contributed by atoms with E-state index in [0.717, 1.165) is 16.0 Å². The molecule has 0 unspecified atom stereocenters. The van der Waals surface area contributed by atoms with E-state index < -0.39 is 40.4 Å². The lowest BCUT2D eigenvalue weighted by atomic mass is 9.59. The first kappa shape index (κ1) is 33.2. The molecule has 252 valence electrons.